The Hall–Kier alpha value is -3.07. The Kier molecular flexibility index (Phi) is 5.24. The van der Waals surface area contributed by atoms with Crippen LogP contribution in [0.15, 0.2) is 35.1 Å². The Labute approximate surface area is 181 Å². The van der Waals surface area contributed by atoms with E-state index < -0.39 is 58.1 Å². The highest BCUT2D eigenvalue weighted by molar-refractivity contribution is 6.00. The minimum Gasteiger partial charge on any atom is -0.317 e. The lowest BCUT2D eigenvalue weighted by atomic mass is 9.71. The molecule has 0 saturated heterocycles. The first-order valence-corrected chi connectivity index (χ1v) is 8.97. The maximum Gasteiger partial charge on any atom is 0.384 e. The van der Waals surface area contributed by atoms with Crippen molar-refractivity contribution in [3.63, 3.8) is 0 Å². The maximum absolute atomic E-state index is 14.9. The summed E-state index contributed by atoms with van der Waals surface area (Å²) in [5.41, 5.74) is -9.93. The highest BCUT2D eigenvalue weighted by atomic mass is 19.4. The number of nitrogens with one attached hydrogen (secondary N) is 1. The first-order valence-electron chi connectivity index (χ1n) is 8.97. The van der Waals surface area contributed by atoms with Gasteiger partial charge in [-0.15, -0.1) is 0 Å². The van der Waals surface area contributed by atoms with Gasteiger partial charge in [0.25, 0.3) is 11.5 Å². The van der Waals surface area contributed by atoms with Crippen LogP contribution < -0.4 is 10.9 Å². The van der Waals surface area contributed by atoms with Crippen LogP contribution in [0, 0.1) is 6.92 Å². The average Bonchev–Trinajstić information content (AvgIpc) is 2.95. The van der Waals surface area contributed by atoms with Crippen molar-refractivity contribution in [1.29, 1.82) is 0 Å². The standard InChI is InChI=1S/C18H12F11N3O2/c1-8-10(11(33)32(31(8)2)9-6-4-3-5-7-9)30-12(34)13(19)14(20,21)16(24,25)18(28,29)17(26,27)15(13,22)23/h3-7H,1-2H3,(H,30,34). The molecule has 0 atom stereocenters. The maximum atomic E-state index is 14.9. The highest BCUT2D eigenvalue weighted by Crippen LogP contribution is 2.69. The number of anilines is 1. The topological polar surface area (TPSA) is 56.0 Å². The van der Waals surface area contributed by atoms with Gasteiger partial charge >= 0.3 is 35.3 Å². The first-order chi connectivity index (χ1) is 15.2. The van der Waals surface area contributed by atoms with Gasteiger partial charge in [-0.25, -0.2) is 9.07 Å². The molecule has 0 radical (unpaired) electrons. The molecule has 1 aliphatic rings. The minimum absolute atomic E-state index is 0.0413. The Morgan fingerprint density at radius 1 is 0.765 bits per heavy atom. The quantitative estimate of drug-likeness (QED) is 0.625. The molecule has 34 heavy (non-hydrogen) atoms. The fourth-order valence-corrected chi connectivity index (χ4v) is 3.42. The van der Waals surface area contributed by atoms with E-state index in [1.807, 2.05) is 0 Å². The largest absolute Gasteiger partial charge is 0.384 e. The number of rotatable bonds is 3. The summed E-state index contributed by atoms with van der Waals surface area (Å²) in [7, 11) is 1.12. The molecule has 188 valence electrons. The fourth-order valence-electron chi connectivity index (χ4n) is 3.42. The minimum atomic E-state index is -7.45. The second-order valence-corrected chi connectivity index (χ2v) is 7.42. The molecule has 1 heterocycles. The number of para-hydroxylation sites is 1. The summed E-state index contributed by atoms with van der Waals surface area (Å²) in [5, 5.41) is 0.894. The number of carbonyl (C=O) groups is 1. The van der Waals surface area contributed by atoms with E-state index in [0.717, 1.165) is 24.0 Å². The molecule has 0 bridgehead atoms. The molecule has 0 aliphatic heterocycles. The van der Waals surface area contributed by atoms with Crippen LogP contribution in [0.2, 0.25) is 0 Å². The molecule has 1 aliphatic carbocycles. The van der Waals surface area contributed by atoms with Crippen molar-refractivity contribution in [2.24, 2.45) is 7.05 Å². The molecular formula is C18H12F11N3O2. The monoisotopic (exact) mass is 511 g/mol. The number of aromatic nitrogens is 2. The van der Waals surface area contributed by atoms with E-state index in [-0.39, 0.29) is 5.69 Å². The van der Waals surface area contributed by atoms with E-state index in [4.69, 9.17) is 0 Å². The number of benzene rings is 1. The van der Waals surface area contributed by atoms with Crippen LogP contribution in [-0.4, -0.2) is 50.6 Å². The molecule has 3 rings (SSSR count). The van der Waals surface area contributed by atoms with Crippen molar-refractivity contribution < 1.29 is 53.1 Å². The van der Waals surface area contributed by atoms with Gasteiger partial charge < -0.3 is 5.32 Å². The van der Waals surface area contributed by atoms with Gasteiger partial charge in [0.1, 0.15) is 5.69 Å². The summed E-state index contributed by atoms with van der Waals surface area (Å²) in [6.07, 6.45) is 0. The molecule has 0 spiro atoms. The lowest BCUT2D eigenvalue weighted by molar-refractivity contribution is -0.475. The van der Waals surface area contributed by atoms with E-state index >= 15 is 0 Å². The van der Waals surface area contributed by atoms with Gasteiger partial charge in [0.15, 0.2) is 0 Å². The number of hydrogen-bond acceptors (Lipinski definition) is 2. The summed E-state index contributed by atoms with van der Waals surface area (Å²) < 4.78 is 154. The number of halogens is 11. The third kappa shape index (κ3) is 2.61. The summed E-state index contributed by atoms with van der Waals surface area (Å²) >= 11 is 0. The van der Waals surface area contributed by atoms with Crippen LogP contribution in [0.1, 0.15) is 5.69 Å². The molecule has 1 fully saturated rings. The van der Waals surface area contributed by atoms with Crippen LogP contribution >= 0.6 is 0 Å². The molecular weight excluding hydrogens is 499 g/mol. The molecule has 2 aromatic rings. The second kappa shape index (κ2) is 6.97. The average molecular weight is 511 g/mol. The predicted octanol–water partition coefficient (Wildman–Crippen LogP) is 4.32. The lowest BCUT2D eigenvalue weighted by Crippen LogP contribution is -2.86. The number of alkyl halides is 11. The smallest absolute Gasteiger partial charge is 0.317 e. The second-order valence-electron chi connectivity index (χ2n) is 7.42. The van der Waals surface area contributed by atoms with E-state index in [1.54, 1.807) is 0 Å². The van der Waals surface area contributed by atoms with Gasteiger partial charge in [-0.1, -0.05) is 18.2 Å². The molecule has 1 amide bonds. The number of carbonyl (C=O) groups excluding carboxylic acids is 1. The summed E-state index contributed by atoms with van der Waals surface area (Å²) in [6.45, 7) is 0.968. The molecule has 1 saturated carbocycles. The van der Waals surface area contributed by atoms with E-state index in [0.29, 0.717) is 4.68 Å². The Bertz CT molecular complexity index is 1170. The molecule has 1 N–H and O–H groups in total. The van der Waals surface area contributed by atoms with Crippen molar-refractivity contribution in [3.8, 4) is 5.69 Å². The van der Waals surface area contributed by atoms with Crippen LogP contribution in [0.4, 0.5) is 54.0 Å². The third-order valence-corrected chi connectivity index (χ3v) is 5.55. The zero-order valence-corrected chi connectivity index (χ0v) is 16.8. The normalized spacial score (nSPS) is 23.3. The van der Waals surface area contributed by atoms with Gasteiger partial charge in [-0.3, -0.25) is 14.3 Å². The van der Waals surface area contributed by atoms with Gasteiger partial charge in [0.05, 0.1) is 11.4 Å². The predicted molar refractivity (Wildman–Crippen MR) is 93.0 cm³/mol. The summed E-state index contributed by atoms with van der Waals surface area (Å²) in [5.74, 6) is -40.6. The first kappa shape index (κ1) is 25.6. The van der Waals surface area contributed by atoms with Crippen LogP contribution in [0.3, 0.4) is 0 Å². The number of nitrogens with zero attached hydrogens (tertiary/aromatic N) is 2. The van der Waals surface area contributed by atoms with Crippen molar-refractivity contribution in [2.45, 2.75) is 42.2 Å². The van der Waals surface area contributed by atoms with Crippen molar-refractivity contribution in [2.75, 3.05) is 5.32 Å². The van der Waals surface area contributed by atoms with Crippen molar-refractivity contribution in [1.82, 2.24) is 9.36 Å². The number of hydrogen-bond donors (Lipinski definition) is 1. The Balaban J connectivity index is 2.20. The molecule has 16 heteroatoms. The van der Waals surface area contributed by atoms with E-state index in [9.17, 15) is 57.9 Å². The van der Waals surface area contributed by atoms with Crippen LogP contribution in [-0.2, 0) is 11.8 Å². The van der Waals surface area contributed by atoms with Gasteiger partial charge in [-0.05, 0) is 19.1 Å². The number of amides is 1. The SMILES string of the molecule is Cc1c(NC(=O)C2(F)C(F)(F)C(F)(F)C(F)(F)C(F)(F)C2(F)F)c(=O)n(-c2ccccc2)n1C. The van der Waals surface area contributed by atoms with Gasteiger partial charge in [-0.2, -0.15) is 43.9 Å². The van der Waals surface area contributed by atoms with Crippen LogP contribution in [0.5, 0.6) is 0 Å². The zero-order valence-electron chi connectivity index (χ0n) is 16.8. The molecule has 1 aromatic heterocycles. The fraction of sp³-hybridized carbons (Fsp3) is 0.444. The van der Waals surface area contributed by atoms with Gasteiger partial charge in [0.2, 0.25) is 0 Å². The Morgan fingerprint density at radius 2 is 1.18 bits per heavy atom. The summed E-state index contributed by atoms with van der Waals surface area (Å²) in [4.78, 5) is 24.8. The van der Waals surface area contributed by atoms with Crippen molar-refractivity contribution in [3.05, 3.63) is 46.4 Å². The van der Waals surface area contributed by atoms with E-state index in [1.165, 1.54) is 30.3 Å². The summed E-state index contributed by atoms with van der Waals surface area (Å²) in [6, 6.07) is 6.92. The van der Waals surface area contributed by atoms with Gasteiger partial charge in [0, 0.05) is 7.05 Å². The highest BCUT2D eigenvalue weighted by Gasteiger charge is 3.02. The molecule has 0 unspecified atom stereocenters. The zero-order chi connectivity index (χ0) is 26.3. The molecule has 5 nitrogen and oxygen atoms in total. The lowest BCUT2D eigenvalue weighted by Gasteiger charge is -2.51. The van der Waals surface area contributed by atoms with Crippen molar-refractivity contribution >= 4 is 11.6 Å². The Morgan fingerprint density at radius 3 is 1.62 bits per heavy atom. The van der Waals surface area contributed by atoms with Crippen LogP contribution in [0.25, 0.3) is 5.69 Å². The third-order valence-electron chi connectivity index (χ3n) is 5.55. The molecule has 1 aromatic carbocycles. The van der Waals surface area contributed by atoms with E-state index in [2.05, 4.69) is 0 Å².